The zero-order valence-corrected chi connectivity index (χ0v) is 16.3. The second-order valence-electron chi connectivity index (χ2n) is 7.15. The summed E-state index contributed by atoms with van der Waals surface area (Å²) in [5.41, 5.74) is 0.825. The molecule has 0 N–H and O–H groups in total. The van der Waals surface area contributed by atoms with E-state index >= 15 is 0 Å². The van der Waals surface area contributed by atoms with Crippen molar-refractivity contribution in [3.8, 4) is 5.75 Å². The van der Waals surface area contributed by atoms with Crippen molar-refractivity contribution < 1.29 is 23.9 Å². The molecule has 0 bridgehead atoms. The largest absolute Gasteiger partial charge is 0.426 e. The molecule has 2 unspecified atom stereocenters. The molecule has 1 aliphatic heterocycles. The van der Waals surface area contributed by atoms with E-state index in [9.17, 15) is 19.2 Å². The first-order valence-corrected chi connectivity index (χ1v) is 9.44. The Bertz CT molecular complexity index is 860. The lowest BCUT2D eigenvalue weighted by Crippen LogP contribution is -2.54. The summed E-state index contributed by atoms with van der Waals surface area (Å²) < 4.78 is 5.30. The third-order valence-electron chi connectivity index (χ3n) is 5.21. The molecule has 3 amide bonds. The molecule has 28 heavy (non-hydrogen) atoms. The van der Waals surface area contributed by atoms with E-state index < -0.39 is 11.9 Å². The van der Waals surface area contributed by atoms with E-state index in [0.717, 1.165) is 12.8 Å². The Morgan fingerprint density at radius 3 is 2.07 bits per heavy atom. The fourth-order valence-corrected chi connectivity index (χ4v) is 4.21. The zero-order chi connectivity index (χ0) is 20.4. The highest BCUT2D eigenvalue weighted by molar-refractivity contribution is 6.06. The molecule has 1 aromatic rings. The minimum atomic E-state index is -0.497. The number of hydrogen-bond donors (Lipinski definition) is 0. The van der Waals surface area contributed by atoms with Crippen LogP contribution in [-0.4, -0.2) is 45.6 Å². The van der Waals surface area contributed by atoms with Gasteiger partial charge in [-0.1, -0.05) is 25.0 Å². The molecule has 3 rings (SSSR count). The average Bonchev–Trinajstić information content (AvgIpc) is 2.75. The molecular weight excluding hydrogens is 360 g/mol. The van der Waals surface area contributed by atoms with Crippen LogP contribution in [0.1, 0.15) is 52.0 Å². The fourth-order valence-electron chi connectivity index (χ4n) is 4.21. The van der Waals surface area contributed by atoms with Crippen molar-refractivity contribution in [2.45, 2.75) is 58.5 Å². The van der Waals surface area contributed by atoms with Gasteiger partial charge in [0.05, 0.1) is 17.8 Å². The van der Waals surface area contributed by atoms with Crippen molar-refractivity contribution in [2.75, 3.05) is 0 Å². The van der Waals surface area contributed by atoms with Crippen molar-refractivity contribution in [1.29, 1.82) is 0 Å². The predicted molar refractivity (Wildman–Crippen MR) is 102 cm³/mol. The first-order chi connectivity index (χ1) is 13.3. The van der Waals surface area contributed by atoms with E-state index in [1.165, 1.54) is 31.7 Å². The van der Waals surface area contributed by atoms with E-state index in [1.807, 2.05) is 0 Å². The molecule has 1 saturated carbocycles. The summed E-state index contributed by atoms with van der Waals surface area (Å²) >= 11 is 0. The van der Waals surface area contributed by atoms with Crippen molar-refractivity contribution in [2.24, 2.45) is 0 Å². The van der Waals surface area contributed by atoms with Crippen LogP contribution in [0.2, 0.25) is 0 Å². The van der Waals surface area contributed by atoms with Crippen molar-refractivity contribution in [3.63, 3.8) is 0 Å². The summed E-state index contributed by atoms with van der Waals surface area (Å²) in [5, 5.41) is 0. The number of para-hydroxylation sites is 1. The molecule has 0 spiro atoms. The van der Waals surface area contributed by atoms with E-state index in [1.54, 1.807) is 29.2 Å². The standard InChI is InChI=1S/C21H24N2O5/c1-13(24)22-17-9-5-6-10-18(17)23(14(2)25)21(27)12-19(22)16-8-4-7-11-20(16)28-15(3)26/h4,7-8,11-12,17-18H,5-6,9-10H2,1-3H3. The SMILES string of the molecule is CC(=O)Oc1ccccc1C1=CC(=O)N(C(C)=O)C2CCCCC2N1C(C)=O. The lowest BCUT2D eigenvalue weighted by atomic mass is 9.87. The Kier molecular flexibility index (Phi) is 5.63. The van der Waals surface area contributed by atoms with Gasteiger partial charge >= 0.3 is 5.97 Å². The van der Waals surface area contributed by atoms with Gasteiger partial charge in [0.25, 0.3) is 5.91 Å². The zero-order valence-electron chi connectivity index (χ0n) is 16.3. The highest BCUT2D eigenvalue weighted by Gasteiger charge is 2.43. The minimum absolute atomic E-state index is 0.223. The normalized spacial score (nSPS) is 22.1. The Morgan fingerprint density at radius 2 is 1.50 bits per heavy atom. The topological polar surface area (TPSA) is 84.0 Å². The maximum Gasteiger partial charge on any atom is 0.308 e. The second-order valence-corrected chi connectivity index (χ2v) is 7.15. The molecule has 0 radical (unpaired) electrons. The molecule has 1 fully saturated rings. The molecule has 2 atom stereocenters. The number of nitrogens with zero attached hydrogens (tertiary/aromatic N) is 2. The van der Waals surface area contributed by atoms with Crippen LogP contribution >= 0.6 is 0 Å². The van der Waals surface area contributed by atoms with Gasteiger partial charge in [-0.3, -0.25) is 24.1 Å². The number of carbonyl (C=O) groups excluding carboxylic acids is 4. The average molecular weight is 384 g/mol. The molecule has 0 aromatic heterocycles. The highest BCUT2D eigenvalue weighted by Crippen LogP contribution is 2.38. The number of benzene rings is 1. The van der Waals surface area contributed by atoms with Gasteiger partial charge in [0.1, 0.15) is 5.75 Å². The summed E-state index contributed by atoms with van der Waals surface area (Å²) in [6, 6.07) is 6.11. The number of imide groups is 1. The predicted octanol–water partition coefficient (Wildman–Crippen LogP) is 2.50. The van der Waals surface area contributed by atoms with Crippen LogP contribution in [0.4, 0.5) is 0 Å². The van der Waals surface area contributed by atoms with Gasteiger partial charge in [-0.2, -0.15) is 0 Å². The van der Waals surface area contributed by atoms with Gasteiger partial charge in [-0.05, 0) is 25.0 Å². The number of esters is 1. The smallest absolute Gasteiger partial charge is 0.308 e. The van der Waals surface area contributed by atoms with Crippen LogP contribution in [0.15, 0.2) is 30.3 Å². The Hall–Kier alpha value is -2.96. The number of hydrogen-bond acceptors (Lipinski definition) is 5. The molecule has 2 aliphatic rings. The lowest BCUT2D eigenvalue weighted by Gasteiger charge is -2.42. The Balaban J connectivity index is 2.19. The summed E-state index contributed by atoms with van der Waals surface area (Å²) in [5.74, 6) is -1.25. The molecule has 1 heterocycles. The van der Waals surface area contributed by atoms with Gasteiger partial charge < -0.3 is 9.64 Å². The van der Waals surface area contributed by atoms with Gasteiger partial charge in [0.2, 0.25) is 11.8 Å². The van der Waals surface area contributed by atoms with E-state index in [4.69, 9.17) is 4.74 Å². The summed E-state index contributed by atoms with van der Waals surface area (Å²) in [7, 11) is 0. The number of ether oxygens (including phenoxy) is 1. The minimum Gasteiger partial charge on any atom is -0.426 e. The third-order valence-corrected chi connectivity index (χ3v) is 5.21. The molecule has 148 valence electrons. The quantitative estimate of drug-likeness (QED) is 0.578. The molecule has 7 nitrogen and oxygen atoms in total. The van der Waals surface area contributed by atoms with Crippen LogP contribution < -0.4 is 4.74 Å². The van der Waals surface area contributed by atoms with E-state index in [-0.39, 0.29) is 29.6 Å². The van der Waals surface area contributed by atoms with Gasteiger partial charge in [0.15, 0.2) is 0 Å². The van der Waals surface area contributed by atoms with Crippen LogP contribution in [0.3, 0.4) is 0 Å². The highest BCUT2D eigenvalue weighted by atomic mass is 16.5. The molecule has 7 heteroatoms. The van der Waals surface area contributed by atoms with Gasteiger partial charge in [0, 0.05) is 32.4 Å². The van der Waals surface area contributed by atoms with Crippen molar-refractivity contribution in [3.05, 3.63) is 35.9 Å². The van der Waals surface area contributed by atoms with Crippen molar-refractivity contribution in [1.82, 2.24) is 9.80 Å². The van der Waals surface area contributed by atoms with E-state index in [0.29, 0.717) is 24.1 Å². The molecule has 0 saturated heterocycles. The molecule has 1 aliphatic carbocycles. The third kappa shape index (κ3) is 3.69. The molecule has 1 aromatic carbocycles. The van der Waals surface area contributed by atoms with Crippen LogP contribution in [0, 0.1) is 0 Å². The second kappa shape index (κ2) is 7.96. The van der Waals surface area contributed by atoms with E-state index in [2.05, 4.69) is 0 Å². The number of amides is 3. The van der Waals surface area contributed by atoms with Gasteiger partial charge in [-0.15, -0.1) is 0 Å². The first-order valence-electron chi connectivity index (χ1n) is 9.44. The maximum atomic E-state index is 13.0. The van der Waals surface area contributed by atoms with Crippen molar-refractivity contribution >= 4 is 29.4 Å². The fraction of sp³-hybridized carbons (Fsp3) is 0.429. The molecular formula is C21H24N2O5. The number of fused-ring (bicyclic) bond motifs is 1. The number of carbonyl (C=O) groups is 4. The summed E-state index contributed by atoms with van der Waals surface area (Å²) in [6.07, 6.45) is 4.46. The monoisotopic (exact) mass is 384 g/mol. The Labute approximate surface area is 163 Å². The number of rotatable bonds is 2. The summed E-state index contributed by atoms with van der Waals surface area (Å²) in [4.78, 5) is 52.3. The van der Waals surface area contributed by atoms with Crippen LogP contribution in [0.25, 0.3) is 5.70 Å². The van der Waals surface area contributed by atoms with Gasteiger partial charge in [-0.25, -0.2) is 0 Å². The van der Waals surface area contributed by atoms with Crippen LogP contribution in [0.5, 0.6) is 5.75 Å². The van der Waals surface area contributed by atoms with Crippen LogP contribution in [-0.2, 0) is 19.2 Å². The Morgan fingerprint density at radius 1 is 0.929 bits per heavy atom. The maximum absolute atomic E-state index is 13.0. The summed E-state index contributed by atoms with van der Waals surface area (Å²) in [6.45, 7) is 4.11. The lowest BCUT2D eigenvalue weighted by molar-refractivity contribution is -0.146. The first kappa shape index (κ1) is 19.8.